The summed E-state index contributed by atoms with van der Waals surface area (Å²) in [5.41, 5.74) is 0.364. The molecule has 1 aromatic carbocycles. The molecule has 0 spiro atoms. The Morgan fingerprint density at radius 1 is 1.20 bits per heavy atom. The van der Waals surface area contributed by atoms with Gasteiger partial charge in [0.25, 0.3) is 0 Å². The average Bonchev–Trinajstić information content (AvgIpc) is 2.91. The number of carbonyl (C=O) groups excluding carboxylic acids is 2. The van der Waals surface area contributed by atoms with Gasteiger partial charge in [-0.3, -0.25) is 4.79 Å². The molecule has 0 aliphatic heterocycles. The van der Waals surface area contributed by atoms with Crippen molar-refractivity contribution in [2.45, 2.75) is 51.9 Å². The Balaban J connectivity index is 1.73. The second kappa shape index (κ2) is 8.34. The van der Waals surface area contributed by atoms with E-state index < -0.39 is 17.8 Å². The van der Waals surface area contributed by atoms with Crippen LogP contribution in [0.15, 0.2) is 30.3 Å². The van der Waals surface area contributed by atoms with Gasteiger partial charge in [0.15, 0.2) is 0 Å². The lowest BCUT2D eigenvalue weighted by atomic mass is 10.0. The molecule has 1 aliphatic rings. The van der Waals surface area contributed by atoms with Crippen LogP contribution >= 0.6 is 0 Å². The highest BCUT2D eigenvalue weighted by atomic mass is 16.6. The van der Waals surface area contributed by atoms with Crippen molar-refractivity contribution in [3.8, 4) is 0 Å². The zero-order chi connectivity index (χ0) is 18.4. The smallest absolute Gasteiger partial charge is 0.407 e. The number of carbonyl (C=O) groups is 2. The van der Waals surface area contributed by atoms with Crippen LogP contribution in [0.2, 0.25) is 0 Å². The third-order valence-electron chi connectivity index (χ3n) is 4.12. The number of amides is 1. The zero-order valence-electron chi connectivity index (χ0n) is 15.0. The van der Waals surface area contributed by atoms with E-state index in [1.54, 1.807) is 0 Å². The lowest BCUT2D eigenvalue weighted by Crippen LogP contribution is -2.32. The van der Waals surface area contributed by atoms with E-state index in [4.69, 9.17) is 9.47 Å². The fourth-order valence-corrected chi connectivity index (χ4v) is 2.89. The summed E-state index contributed by atoms with van der Waals surface area (Å²) in [6, 6.07) is 9.40. The Morgan fingerprint density at radius 3 is 2.52 bits per heavy atom. The van der Waals surface area contributed by atoms with Crippen molar-refractivity contribution in [2.75, 3.05) is 6.54 Å². The van der Waals surface area contributed by atoms with Gasteiger partial charge in [-0.2, -0.15) is 0 Å². The highest BCUT2D eigenvalue weighted by Crippen LogP contribution is 2.32. The maximum Gasteiger partial charge on any atom is 0.407 e. The SMILES string of the molecule is CC(C)(C)OC(=O)[C@H]1C[C@H](CNC(=O)OCc2ccccc2)[C@H](O)C1. The molecule has 1 aromatic rings. The van der Waals surface area contributed by atoms with Crippen LogP contribution in [-0.4, -0.2) is 35.4 Å². The predicted octanol–water partition coefficient (Wildman–Crippen LogP) is 2.64. The van der Waals surface area contributed by atoms with E-state index in [9.17, 15) is 14.7 Å². The van der Waals surface area contributed by atoms with Crippen molar-refractivity contribution in [3.63, 3.8) is 0 Å². The Labute approximate surface area is 148 Å². The summed E-state index contributed by atoms with van der Waals surface area (Å²) in [6.45, 7) is 5.92. The van der Waals surface area contributed by atoms with E-state index in [1.165, 1.54) is 0 Å². The molecule has 1 aliphatic carbocycles. The Kier molecular flexibility index (Phi) is 6.42. The van der Waals surface area contributed by atoms with E-state index in [0.717, 1.165) is 5.56 Å². The number of aliphatic hydroxyl groups is 1. The number of rotatable bonds is 5. The average molecular weight is 349 g/mol. The lowest BCUT2D eigenvalue weighted by Gasteiger charge is -2.22. The standard InChI is InChI=1S/C19H27NO5/c1-19(2,3)25-17(22)14-9-15(16(21)10-14)11-20-18(23)24-12-13-7-5-4-6-8-13/h4-8,14-16,21H,9-12H2,1-3H3,(H,20,23)/t14-,15+,16+/m0/s1. The summed E-state index contributed by atoms with van der Waals surface area (Å²) >= 11 is 0. The van der Waals surface area contributed by atoms with Crippen LogP contribution in [0.5, 0.6) is 0 Å². The number of hydrogen-bond acceptors (Lipinski definition) is 5. The van der Waals surface area contributed by atoms with Gasteiger partial charge >= 0.3 is 12.1 Å². The third kappa shape index (κ3) is 6.38. The van der Waals surface area contributed by atoms with Crippen molar-refractivity contribution in [3.05, 3.63) is 35.9 Å². The third-order valence-corrected chi connectivity index (χ3v) is 4.12. The molecule has 2 rings (SSSR count). The van der Waals surface area contributed by atoms with E-state index in [2.05, 4.69) is 5.32 Å². The second-order valence-electron chi connectivity index (χ2n) is 7.47. The van der Waals surface area contributed by atoms with Crippen molar-refractivity contribution >= 4 is 12.1 Å². The molecule has 0 saturated heterocycles. The summed E-state index contributed by atoms with van der Waals surface area (Å²) < 4.78 is 10.5. The first-order valence-corrected chi connectivity index (χ1v) is 8.60. The van der Waals surface area contributed by atoms with Crippen LogP contribution in [0.4, 0.5) is 4.79 Å². The molecular formula is C19H27NO5. The molecular weight excluding hydrogens is 322 g/mol. The Bertz CT molecular complexity index is 581. The highest BCUT2D eigenvalue weighted by Gasteiger charge is 2.39. The molecule has 1 fully saturated rings. The molecule has 0 aromatic heterocycles. The lowest BCUT2D eigenvalue weighted by molar-refractivity contribution is -0.160. The van der Waals surface area contributed by atoms with Crippen LogP contribution < -0.4 is 5.32 Å². The number of ether oxygens (including phenoxy) is 2. The van der Waals surface area contributed by atoms with Crippen LogP contribution in [0.3, 0.4) is 0 Å². The first-order chi connectivity index (χ1) is 11.7. The number of benzene rings is 1. The van der Waals surface area contributed by atoms with Gasteiger partial charge in [-0.05, 0) is 39.2 Å². The summed E-state index contributed by atoms with van der Waals surface area (Å²) in [5, 5.41) is 12.8. The summed E-state index contributed by atoms with van der Waals surface area (Å²) in [6.07, 6.45) is -0.307. The maximum atomic E-state index is 12.1. The molecule has 3 atom stereocenters. The van der Waals surface area contributed by atoms with Crippen molar-refractivity contribution in [1.82, 2.24) is 5.32 Å². The number of esters is 1. The quantitative estimate of drug-likeness (QED) is 0.798. The molecule has 1 saturated carbocycles. The van der Waals surface area contributed by atoms with Gasteiger partial charge in [0.2, 0.25) is 0 Å². The topological polar surface area (TPSA) is 84.9 Å². The highest BCUT2D eigenvalue weighted by molar-refractivity contribution is 5.73. The minimum atomic E-state index is -0.632. The van der Waals surface area contributed by atoms with E-state index in [0.29, 0.717) is 12.8 Å². The van der Waals surface area contributed by atoms with E-state index >= 15 is 0 Å². The second-order valence-corrected chi connectivity index (χ2v) is 7.47. The fourth-order valence-electron chi connectivity index (χ4n) is 2.89. The van der Waals surface area contributed by atoms with Crippen molar-refractivity contribution in [1.29, 1.82) is 0 Å². The van der Waals surface area contributed by atoms with Crippen molar-refractivity contribution < 1.29 is 24.2 Å². The van der Waals surface area contributed by atoms with E-state index in [1.807, 2.05) is 51.1 Å². The molecule has 1 amide bonds. The molecule has 0 radical (unpaired) electrons. The molecule has 0 unspecified atom stereocenters. The van der Waals surface area contributed by atoms with Crippen LogP contribution in [0.1, 0.15) is 39.2 Å². The first kappa shape index (κ1) is 19.2. The number of aliphatic hydroxyl groups excluding tert-OH is 1. The van der Waals surface area contributed by atoms with Crippen LogP contribution in [0, 0.1) is 11.8 Å². The van der Waals surface area contributed by atoms with Gasteiger partial charge in [-0.1, -0.05) is 30.3 Å². The largest absolute Gasteiger partial charge is 0.460 e. The normalized spacial score (nSPS) is 23.1. The molecule has 138 valence electrons. The maximum absolute atomic E-state index is 12.1. The predicted molar refractivity (Wildman–Crippen MR) is 92.7 cm³/mol. The van der Waals surface area contributed by atoms with Crippen LogP contribution in [0.25, 0.3) is 0 Å². The zero-order valence-corrected chi connectivity index (χ0v) is 15.0. The van der Waals surface area contributed by atoms with E-state index in [-0.39, 0.29) is 31.0 Å². The minimum Gasteiger partial charge on any atom is -0.460 e. The van der Waals surface area contributed by atoms with Gasteiger partial charge in [-0.15, -0.1) is 0 Å². The van der Waals surface area contributed by atoms with Gasteiger partial charge in [0.05, 0.1) is 12.0 Å². The van der Waals surface area contributed by atoms with Crippen LogP contribution in [-0.2, 0) is 20.9 Å². The molecule has 0 heterocycles. The molecule has 25 heavy (non-hydrogen) atoms. The van der Waals surface area contributed by atoms with Crippen molar-refractivity contribution in [2.24, 2.45) is 11.8 Å². The molecule has 2 N–H and O–H groups in total. The number of alkyl carbamates (subject to hydrolysis) is 1. The van der Waals surface area contributed by atoms with Gasteiger partial charge < -0.3 is 19.9 Å². The summed E-state index contributed by atoms with van der Waals surface area (Å²) in [7, 11) is 0. The first-order valence-electron chi connectivity index (χ1n) is 8.60. The molecule has 6 heteroatoms. The van der Waals surface area contributed by atoms with Gasteiger partial charge in [0, 0.05) is 12.5 Å². The molecule has 6 nitrogen and oxygen atoms in total. The number of hydrogen-bond donors (Lipinski definition) is 2. The molecule has 0 bridgehead atoms. The Hall–Kier alpha value is -2.08. The van der Waals surface area contributed by atoms with Gasteiger partial charge in [0.1, 0.15) is 12.2 Å². The fraction of sp³-hybridized carbons (Fsp3) is 0.579. The minimum absolute atomic E-state index is 0.179. The summed E-state index contributed by atoms with van der Waals surface area (Å²) in [4.78, 5) is 23.9. The van der Waals surface area contributed by atoms with Gasteiger partial charge in [-0.25, -0.2) is 4.79 Å². The Morgan fingerprint density at radius 2 is 1.88 bits per heavy atom. The number of nitrogens with one attached hydrogen (secondary N) is 1. The summed E-state index contributed by atoms with van der Waals surface area (Å²) in [5.74, 6) is -0.802. The monoisotopic (exact) mass is 349 g/mol.